The van der Waals surface area contributed by atoms with E-state index in [2.05, 4.69) is 0 Å². The molecule has 0 aromatic heterocycles. The van der Waals surface area contributed by atoms with E-state index in [0.29, 0.717) is 49.2 Å². The Kier molecular flexibility index (Phi) is 5.21. The van der Waals surface area contributed by atoms with E-state index in [4.69, 9.17) is 21.1 Å². The second kappa shape index (κ2) is 7.64. The van der Waals surface area contributed by atoms with Gasteiger partial charge in [0, 0.05) is 13.0 Å². The second-order valence-electron chi connectivity index (χ2n) is 7.60. The van der Waals surface area contributed by atoms with Crippen LogP contribution >= 0.6 is 11.6 Å². The number of halogens is 1. The van der Waals surface area contributed by atoms with Gasteiger partial charge in [-0.2, -0.15) is 0 Å². The van der Waals surface area contributed by atoms with E-state index >= 15 is 0 Å². The molecule has 1 amide bonds. The van der Waals surface area contributed by atoms with Crippen LogP contribution in [-0.4, -0.2) is 42.2 Å². The molecule has 0 unspecified atom stereocenters. The van der Waals surface area contributed by atoms with E-state index in [1.807, 2.05) is 37.3 Å². The van der Waals surface area contributed by atoms with Crippen LogP contribution in [0.15, 0.2) is 36.4 Å². The fraction of sp³-hybridized carbons (Fsp3) is 0.409. The van der Waals surface area contributed by atoms with Gasteiger partial charge in [0.15, 0.2) is 11.5 Å². The number of likely N-dealkylation sites (tertiary alicyclic amines) is 1. The van der Waals surface area contributed by atoms with Crippen molar-refractivity contribution in [2.45, 2.75) is 31.8 Å². The van der Waals surface area contributed by atoms with Gasteiger partial charge in [-0.3, -0.25) is 4.79 Å². The molecule has 0 bridgehead atoms. The highest BCUT2D eigenvalue weighted by molar-refractivity contribution is 6.32. The number of carbonyl (C=O) groups is 1. The summed E-state index contributed by atoms with van der Waals surface area (Å²) in [6, 6.07) is 11.4. The van der Waals surface area contributed by atoms with Crippen molar-refractivity contribution in [2.75, 3.05) is 26.3 Å². The van der Waals surface area contributed by atoms with Crippen molar-refractivity contribution in [3.8, 4) is 11.5 Å². The van der Waals surface area contributed by atoms with E-state index in [1.54, 1.807) is 11.0 Å². The Balaban J connectivity index is 1.47. The summed E-state index contributed by atoms with van der Waals surface area (Å²) in [4.78, 5) is 14.6. The molecule has 0 aliphatic carbocycles. The highest BCUT2D eigenvalue weighted by Crippen LogP contribution is 2.38. The summed E-state index contributed by atoms with van der Waals surface area (Å²) in [5.41, 5.74) is 1.78. The first kappa shape index (κ1) is 19.1. The molecular weight excluding hydrogens is 378 g/mol. The lowest BCUT2D eigenvalue weighted by Crippen LogP contribution is -2.35. The number of nitrogens with zero attached hydrogens (tertiary/aromatic N) is 1. The number of hydrogen-bond donors (Lipinski definition) is 1. The van der Waals surface area contributed by atoms with Crippen LogP contribution in [0.4, 0.5) is 0 Å². The van der Waals surface area contributed by atoms with Crippen molar-refractivity contribution < 1.29 is 19.4 Å². The number of benzene rings is 2. The summed E-state index contributed by atoms with van der Waals surface area (Å²) < 4.78 is 11.3. The Morgan fingerprint density at radius 3 is 2.75 bits per heavy atom. The standard InChI is InChI=1S/C22H24ClNO4/c1-15-3-5-17(6-4-15)22(26)7-8-24(14-22)20(25)13-16-11-18(23)21-19(12-16)27-9-2-10-28-21/h3-6,11-12,26H,2,7-10,13-14H2,1H3/t22-/m0/s1. The average Bonchev–Trinajstić information content (AvgIpc) is 2.92. The van der Waals surface area contributed by atoms with Crippen LogP contribution < -0.4 is 9.47 Å². The number of aliphatic hydroxyl groups is 1. The normalized spacial score (nSPS) is 21.5. The van der Waals surface area contributed by atoms with Crippen molar-refractivity contribution in [3.05, 3.63) is 58.1 Å². The van der Waals surface area contributed by atoms with E-state index in [1.165, 1.54) is 0 Å². The van der Waals surface area contributed by atoms with Crippen molar-refractivity contribution >= 4 is 17.5 Å². The first-order chi connectivity index (χ1) is 13.4. The van der Waals surface area contributed by atoms with E-state index in [-0.39, 0.29) is 12.3 Å². The van der Waals surface area contributed by atoms with E-state index in [9.17, 15) is 9.90 Å². The van der Waals surface area contributed by atoms with Gasteiger partial charge in [-0.25, -0.2) is 0 Å². The van der Waals surface area contributed by atoms with Gasteiger partial charge in [-0.05, 0) is 36.6 Å². The zero-order valence-electron chi connectivity index (χ0n) is 15.9. The number of aryl methyl sites for hydroxylation is 1. The molecule has 0 saturated carbocycles. The van der Waals surface area contributed by atoms with Crippen LogP contribution in [0, 0.1) is 6.92 Å². The molecule has 2 heterocycles. The molecule has 5 nitrogen and oxygen atoms in total. The number of amides is 1. The molecule has 1 fully saturated rings. The zero-order chi connectivity index (χ0) is 19.7. The molecule has 2 aliphatic rings. The lowest BCUT2D eigenvalue weighted by molar-refractivity contribution is -0.130. The molecule has 148 valence electrons. The Hall–Kier alpha value is -2.24. The molecule has 2 aliphatic heterocycles. The fourth-order valence-corrected chi connectivity index (χ4v) is 4.07. The highest BCUT2D eigenvalue weighted by Gasteiger charge is 2.39. The van der Waals surface area contributed by atoms with E-state index < -0.39 is 5.60 Å². The van der Waals surface area contributed by atoms with Gasteiger partial charge < -0.3 is 19.5 Å². The Morgan fingerprint density at radius 1 is 1.21 bits per heavy atom. The third-order valence-corrected chi connectivity index (χ3v) is 5.69. The maximum atomic E-state index is 12.8. The van der Waals surface area contributed by atoms with Gasteiger partial charge >= 0.3 is 0 Å². The van der Waals surface area contributed by atoms with E-state index in [0.717, 1.165) is 23.1 Å². The SMILES string of the molecule is Cc1ccc([C@]2(O)CCN(C(=O)Cc3cc(Cl)c4c(c3)OCCCO4)C2)cc1. The third-order valence-electron chi connectivity index (χ3n) is 5.41. The predicted molar refractivity (Wildman–Crippen MR) is 107 cm³/mol. The zero-order valence-corrected chi connectivity index (χ0v) is 16.7. The molecule has 1 N–H and O–H groups in total. The van der Waals surface area contributed by atoms with Gasteiger partial charge in [-0.1, -0.05) is 41.4 Å². The van der Waals surface area contributed by atoms with Crippen LogP contribution in [0.3, 0.4) is 0 Å². The van der Waals surface area contributed by atoms with Crippen molar-refractivity contribution in [3.63, 3.8) is 0 Å². The molecular formula is C22H24ClNO4. The van der Waals surface area contributed by atoms with Gasteiger partial charge in [-0.15, -0.1) is 0 Å². The largest absolute Gasteiger partial charge is 0.489 e. The average molecular weight is 402 g/mol. The molecule has 28 heavy (non-hydrogen) atoms. The lowest BCUT2D eigenvalue weighted by atomic mass is 9.92. The predicted octanol–water partition coefficient (Wildman–Crippen LogP) is 3.47. The molecule has 2 aromatic carbocycles. The first-order valence-corrected chi connectivity index (χ1v) is 9.98. The highest BCUT2D eigenvalue weighted by atomic mass is 35.5. The topological polar surface area (TPSA) is 59.0 Å². The number of fused-ring (bicyclic) bond motifs is 1. The second-order valence-corrected chi connectivity index (χ2v) is 8.00. The Morgan fingerprint density at radius 2 is 1.96 bits per heavy atom. The molecule has 4 rings (SSSR count). The molecule has 0 radical (unpaired) electrons. The Labute approximate surface area is 169 Å². The minimum Gasteiger partial charge on any atom is -0.489 e. The first-order valence-electron chi connectivity index (χ1n) is 9.60. The van der Waals surface area contributed by atoms with Gasteiger partial charge in [0.2, 0.25) is 5.91 Å². The molecule has 1 saturated heterocycles. The van der Waals surface area contributed by atoms with Crippen LogP contribution in [0.1, 0.15) is 29.5 Å². The maximum Gasteiger partial charge on any atom is 0.227 e. The minimum atomic E-state index is -0.994. The monoisotopic (exact) mass is 401 g/mol. The van der Waals surface area contributed by atoms with Crippen LogP contribution in [0.25, 0.3) is 0 Å². The van der Waals surface area contributed by atoms with Gasteiger partial charge in [0.1, 0.15) is 5.60 Å². The summed E-state index contributed by atoms with van der Waals surface area (Å²) in [6.45, 7) is 3.97. The summed E-state index contributed by atoms with van der Waals surface area (Å²) in [5.74, 6) is 1.10. The van der Waals surface area contributed by atoms with Crippen LogP contribution in [0.5, 0.6) is 11.5 Å². The summed E-state index contributed by atoms with van der Waals surface area (Å²) >= 11 is 6.33. The minimum absolute atomic E-state index is 0.0337. The quantitative estimate of drug-likeness (QED) is 0.855. The van der Waals surface area contributed by atoms with Crippen molar-refractivity contribution in [1.82, 2.24) is 4.90 Å². The number of ether oxygens (including phenoxy) is 2. The summed E-state index contributed by atoms with van der Waals surface area (Å²) in [7, 11) is 0. The van der Waals surface area contributed by atoms with Crippen molar-refractivity contribution in [2.24, 2.45) is 0 Å². The maximum absolute atomic E-state index is 12.8. The lowest BCUT2D eigenvalue weighted by Gasteiger charge is -2.24. The van der Waals surface area contributed by atoms with Crippen molar-refractivity contribution in [1.29, 1.82) is 0 Å². The third kappa shape index (κ3) is 3.82. The molecule has 1 atom stereocenters. The van der Waals surface area contributed by atoms with Crippen LogP contribution in [-0.2, 0) is 16.8 Å². The number of carbonyl (C=O) groups excluding carboxylic acids is 1. The fourth-order valence-electron chi connectivity index (χ4n) is 3.78. The van der Waals surface area contributed by atoms with Crippen LogP contribution in [0.2, 0.25) is 5.02 Å². The smallest absolute Gasteiger partial charge is 0.227 e. The molecule has 2 aromatic rings. The molecule has 6 heteroatoms. The van der Waals surface area contributed by atoms with Gasteiger partial charge in [0.05, 0.1) is 31.2 Å². The number of rotatable bonds is 3. The number of β-amino-alcohol motifs (C(OH)–C–C–N with tert-alkyl or cyclic N) is 1. The van der Waals surface area contributed by atoms with Gasteiger partial charge in [0.25, 0.3) is 0 Å². The Bertz CT molecular complexity index is 883. The molecule has 0 spiro atoms. The number of hydrogen-bond acceptors (Lipinski definition) is 4. The summed E-state index contributed by atoms with van der Waals surface area (Å²) in [5, 5.41) is 11.5. The summed E-state index contributed by atoms with van der Waals surface area (Å²) in [6.07, 6.45) is 1.54.